The molecule has 44 heavy (non-hydrogen) atoms. The van der Waals surface area contributed by atoms with Gasteiger partial charge in [0.25, 0.3) is 0 Å². The maximum Gasteiger partial charge on any atom is 0.347 e. The Balaban J connectivity index is 0.000000615. The lowest BCUT2D eigenvalue weighted by Gasteiger charge is -2.41. The van der Waals surface area contributed by atoms with Crippen molar-refractivity contribution < 1.29 is 39.5 Å². The molecule has 0 amide bonds. The number of carbonyl (C=O) groups excluding carboxylic acids is 2. The van der Waals surface area contributed by atoms with Crippen LogP contribution in [-0.4, -0.2) is 68.0 Å². The van der Waals surface area contributed by atoms with E-state index in [1.807, 2.05) is 85.7 Å². The Kier molecular flexibility index (Phi) is 11.8. The number of ether oxygens (including phenoxy) is 2. The number of hydrogen-bond acceptors (Lipinski definition) is 8. The molecule has 0 radical (unpaired) electrons. The van der Waals surface area contributed by atoms with E-state index >= 15 is 0 Å². The maximum atomic E-state index is 13.0. The third kappa shape index (κ3) is 5.33. The molecule has 238 valence electrons. The number of aromatic nitrogens is 1. The minimum absolute atomic E-state index is 0.157. The molecule has 3 aromatic carbocycles. The second kappa shape index (κ2) is 14.9. The SMILES string of the molecule is CC.CC.CC.CC.O=C1OC(=O)c2c1c1c(c3c2c2ccccc2n3C2OC(CO)C(O)C(O)C2O)Cc2ccccc2-1. The zero-order valence-corrected chi connectivity index (χ0v) is 26.8. The van der Waals surface area contributed by atoms with E-state index in [9.17, 15) is 30.0 Å². The van der Waals surface area contributed by atoms with Crippen molar-refractivity contribution in [2.45, 2.75) is 92.5 Å². The molecule has 9 nitrogen and oxygen atoms in total. The van der Waals surface area contributed by atoms with Crippen molar-refractivity contribution in [1.29, 1.82) is 0 Å². The van der Waals surface area contributed by atoms with Gasteiger partial charge in [0.2, 0.25) is 0 Å². The Morgan fingerprint density at radius 2 is 1.34 bits per heavy atom. The molecule has 4 aromatic rings. The van der Waals surface area contributed by atoms with Crippen molar-refractivity contribution in [3.05, 3.63) is 70.8 Å². The summed E-state index contributed by atoms with van der Waals surface area (Å²) < 4.78 is 12.8. The first-order chi connectivity index (χ1) is 21.4. The smallest absolute Gasteiger partial charge is 0.347 e. The third-order valence-corrected chi connectivity index (χ3v) is 7.62. The van der Waals surface area contributed by atoms with E-state index < -0.39 is 49.2 Å². The number of aliphatic hydroxyl groups excluding tert-OH is 4. The first-order valence-electron chi connectivity index (χ1n) is 15.7. The first kappa shape index (κ1) is 34.9. The van der Waals surface area contributed by atoms with E-state index in [1.165, 1.54) is 0 Å². The normalized spacial score (nSPS) is 22.5. The summed E-state index contributed by atoms with van der Waals surface area (Å²) >= 11 is 0. The van der Waals surface area contributed by atoms with Gasteiger partial charge in [0, 0.05) is 22.8 Å². The van der Waals surface area contributed by atoms with Crippen molar-refractivity contribution in [3.8, 4) is 11.1 Å². The minimum atomic E-state index is -1.58. The molecule has 2 aliphatic heterocycles. The topological polar surface area (TPSA) is 138 Å². The summed E-state index contributed by atoms with van der Waals surface area (Å²) in [4.78, 5) is 26.0. The summed E-state index contributed by atoms with van der Waals surface area (Å²) in [5.41, 5.74) is 4.71. The molecule has 0 spiro atoms. The van der Waals surface area contributed by atoms with E-state index in [1.54, 1.807) is 22.8 Å². The quantitative estimate of drug-likeness (QED) is 0.147. The van der Waals surface area contributed by atoms with E-state index in [4.69, 9.17) is 9.47 Å². The number of aliphatic hydroxyl groups is 4. The molecule has 5 unspecified atom stereocenters. The zero-order valence-electron chi connectivity index (χ0n) is 26.8. The van der Waals surface area contributed by atoms with E-state index in [0.29, 0.717) is 33.8 Å². The van der Waals surface area contributed by atoms with Crippen LogP contribution >= 0.6 is 0 Å². The summed E-state index contributed by atoms with van der Waals surface area (Å²) in [6.45, 7) is 15.4. The van der Waals surface area contributed by atoms with Gasteiger partial charge in [0.15, 0.2) is 6.23 Å². The van der Waals surface area contributed by atoms with Crippen LogP contribution in [0.3, 0.4) is 0 Å². The predicted molar refractivity (Wildman–Crippen MR) is 172 cm³/mol. The summed E-state index contributed by atoms with van der Waals surface area (Å²) in [5.74, 6) is -1.45. The van der Waals surface area contributed by atoms with Gasteiger partial charge in [0.05, 0.1) is 28.8 Å². The van der Waals surface area contributed by atoms with Crippen LogP contribution in [0.15, 0.2) is 48.5 Å². The first-order valence-corrected chi connectivity index (χ1v) is 15.7. The molecule has 1 fully saturated rings. The fourth-order valence-electron chi connectivity index (χ4n) is 6.06. The van der Waals surface area contributed by atoms with Crippen molar-refractivity contribution >= 4 is 33.7 Å². The number of benzene rings is 3. The highest BCUT2D eigenvalue weighted by Crippen LogP contribution is 2.50. The highest BCUT2D eigenvalue weighted by molar-refractivity contribution is 6.30. The maximum absolute atomic E-state index is 13.0. The molecule has 5 atom stereocenters. The molecule has 9 heteroatoms. The van der Waals surface area contributed by atoms with E-state index in [2.05, 4.69) is 0 Å². The highest BCUT2D eigenvalue weighted by atomic mass is 16.6. The summed E-state index contributed by atoms with van der Waals surface area (Å²) in [6, 6.07) is 14.8. The number of para-hydroxylation sites is 1. The monoisotopic (exact) mass is 607 g/mol. The van der Waals surface area contributed by atoms with Crippen LogP contribution in [-0.2, 0) is 15.9 Å². The second-order valence-corrected chi connectivity index (χ2v) is 9.44. The molecule has 4 N–H and O–H groups in total. The van der Waals surface area contributed by atoms with Gasteiger partial charge in [-0.2, -0.15) is 0 Å². The molecule has 3 aliphatic rings. The van der Waals surface area contributed by atoms with Crippen molar-refractivity contribution in [2.75, 3.05) is 6.61 Å². The zero-order chi connectivity index (χ0) is 32.9. The number of carbonyl (C=O) groups is 2. The fraction of sp³-hybridized carbons (Fsp3) is 0.429. The number of esters is 2. The Labute approximate surface area is 258 Å². The average molecular weight is 608 g/mol. The fourth-order valence-corrected chi connectivity index (χ4v) is 6.06. The number of cyclic esters (lactones) is 2. The molecule has 1 aliphatic carbocycles. The third-order valence-electron chi connectivity index (χ3n) is 7.62. The molecule has 0 bridgehead atoms. The van der Waals surface area contributed by atoms with Gasteiger partial charge in [-0.15, -0.1) is 0 Å². The van der Waals surface area contributed by atoms with Crippen molar-refractivity contribution in [2.24, 2.45) is 0 Å². The Morgan fingerprint density at radius 1 is 0.750 bits per heavy atom. The lowest BCUT2D eigenvalue weighted by molar-refractivity contribution is -0.249. The van der Waals surface area contributed by atoms with Crippen molar-refractivity contribution in [3.63, 3.8) is 0 Å². The Morgan fingerprint density at radius 3 is 2.00 bits per heavy atom. The lowest BCUT2D eigenvalue weighted by Crippen LogP contribution is -2.56. The minimum Gasteiger partial charge on any atom is -0.394 e. The summed E-state index contributed by atoms with van der Waals surface area (Å²) in [6.07, 6.45) is -6.48. The molecule has 1 aromatic heterocycles. The molecule has 1 saturated heterocycles. The largest absolute Gasteiger partial charge is 0.394 e. The van der Waals surface area contributed by atoms with Gasteiger partial charge >= 0.3 is 11.9 Å². The Hall–Kier alpha value is -3.60. The van der Waals surface area contributed by atoms with Crippen molar-refractivity contribution in [1.82, 2.24) is 4.57 Å². The summed E-state index contributed by atoms with van der Waals surface area (Å²) in [5, 5.41) is 42.9. The van der Waals surface area contributed by atoms with E-state index in [-0.39, 0.29) is 11.1 Å². The van der Waals surface area contributed by atoms with Gasteiger partial charge in [-0.25, -0.2) is 9.59 Å². The van der Waals surface area contributed by atoms with Crippen LogP contribution in [0.25, 0.3) is 32.9 Å². The van der Waals surface area contributed by atoms with Crippen LogP contribution in [0.2, 0.25) is 0 Å². The number of fused-ring (bicyclic) bond motifs is 10. The lowest BCUT2D eigenvalue weighted by atomic mass is 9.91. The number of nitrogens with zero attached hydrogens (tertiary/aromatic N) is 1. The molecular weight excluding hydrogens is 562 g/mol. The molecular formula is C35H45NO8. The van der Waals surface area contributed by atoms with Crippen LogP contribution in [0.4, 0.5) is 0 Å². The number of rotatable bonds is 2. The number of hydrogen-bond donors (Lipinski definition) is 4. The van der Waals surface area contributed by atoms with Crippen LogP contribution in [0, 0.1) is 0 Å². The second-order valence-electron chi connectivity index (χ2n) is 9.44. The van der Waals surface area contributed by atoms with Crippen LogP contribution in [0.5, 0.6) is 0 Å². The molecule has 3 heterocycles. The van der Waals surface area contributed by atoms with Crippen LogP contribution < -0.4 is 0 Å². The van der Waals surface area contributed by atoms with Gasteiger partial charge in [-0.1, -0.05) is 97.9 Å². The van der Waals surface area contributed by atoms with Gasteiger partial charge in [-0.05, 0) is 22.8 Å². The van der Waals surface area contributed by atoms with Gasteiger partial charge < -0.3 is 34.5 Å². The molecule has 7 rings (SSSR count). The van der Waals surface area contributed by atoms with Crippen LogP contribution in [0.1, 0.15) is 93.5 Å². The van der Waals surface area contributed by atoms with E-state index in [0.717, 1.165) is 16.7 Å². The standard InChI is InChI=1S/C27H21NO8.4C2H6/c29-10-16-22(30)23(31)24(32)25(35-16)28-15-8-4-3-7-13(15)18-20-19(26(33)36-27(20)34)17-12-6-2-1-5-11(12)9-14(17)21(18)28;4*1-2/h1-8,16,22-25,29-32H,9-10H2;4*1-2H3. The highest BCUT2D eigenvalue weighted by Gasteiger charge is 2.47. The van der Waals surface area contributed by atoms with Gasteiger partial charge in [-0.3, -0.25) is 0 Å². The van der Waals surface area contributed by atoms with Gasteiger partial charge in [0.1, 0.15) is 24.4 Å². The summed E-state index contributed by atoms with van der Waals surface area (Å²) in [7, 11) is 0. The Bertz CT molecular complexity index is 1620. The molecule has 0 saturated carbocycles. The average Bonchev–Trinajstić information content (AvgIpc) is 3.72. The predicted octanol–water partition coefficient (Wildman–Crippen LogP) is 5.75.